The summed E-state index contributed by atoms with van der Waals surface area (Å²) < 4.78 is 10.9. The van der Waals surface area contributed by atoms with Crippen molar-refractivity contribution in [1.29, 1.82) is 0 Å². The van der Waals surface area contributed by atoms with Crippen LogP contribution >= 0.6 is 0 Å². The Balaban J connectivity index is 1.46. The van der Waals surface area contributed by atoms with Crippen LogP contribution in [0.5, 0.6) is 5.75 Å². The minimum atomic E-state index is -0.333. The van der Waals surface area contributed by atoms with Gasteiger partial charge in [-0.25, -0.2) is 4.98 Å². The minimum absolute atomic E-state index is 0.0420. The number of ether oxygens (including phenoxy) is 1. The monoisotopic (exact) mass is 377 g/mol. The quantitative estimate of drug-likeness (QED) is 0.739. The number of para-hydroxylation sites is 2. The van der Waals surface area contributed by atoms with Crippen LogP contribution in [0.4, 0.5) is 5.69 Å². The maximum atomic E-state index is 12.5. The fourth-order valence-electron chi connectivity index (χ4n) is 3.05. The zero-order chi connectivity index (χ0) is 19.5. The standard InChI is InChI=1S/C21H19N3O4/c1-14(15-7-3-2-4-8-15)22-21(26)16-12-28-19(23-16)11-24-17-9-5-6-10-18(17)27-13-20(24)25/h2-10,12,14H,11,13H2,1H3,(H,22,26)/t14-/m0/s1. The van der Waals surface area contributed by atoms with Crippen LogP contribution in [-0.2, 0) is 11.3 Å². The smallest absolute Gasteiger partial charge is 0.273 e. The van der Waals surface area contributed by atoms with E-state index in [1.54, 1.807) is 17.0 Å². The SMILES string of the molecule is C[C@H](NC(=O)c1coc(CN2C(=O)COc3ccccc32)n1)c1ccccc1. The van der Waals surface area contributed by atoms with Crippen LogP contribution in [0.3, 0.4) is 0 Å². The van der Waals surface area contributed by atoms with E-state index in [-0.39, 0.29) is 42.6 Å². The zero-order valence-electron chi connectivity index (χ0n) is 15.3. The molecule has 0 saturated carbocycles. The molecule has 28 heavy (non-hydrogen) atoms. The second-order valence-electron chi connectivity index (χ2n) is 6.47. The summed E-state index contributed by atoms with van der Waals surface area (Å²) in [7, 11) is 0. The van der Waals surface area contributed by atoms with Crippen LogP contribution in [0.1, 0.15) is 34.9 Å². The van der Waals surface area contributed by atoms with Gasteiger partial charge in [0.1, 0.15) is 18.6 Å². The van der Waals surface area contributed by atoms with Gasteiger partial charge in [0.15, 0.2) is 12.3 Å². The second kappa shape index (κ2) is 7.56. The number of fused-ring (bicyclic) bond motifs is 1. The number of hydrogen-bond acceptors (Lipinski definition) is 5. The Morgan fingerprint density at radius 2 is 1.93 bits per heavy atom. The first-order valence-corrected chi connectivity index (χ1v) is 8.94. The molecule has 2 amide bonds. The summed E-state index contributed by atoms with van der Waals surface area (Å²) in [5, 5.41) is 2.89. The fourth-order valence-corrected chi connectivity index (χ4v) is 3.05. The first-order chi connectivity index (χ1) is 13.6. The average Bonchev–Trinajstić information content (AvgIpc) is 3.20. The minimum Gasteiger partial charge on any atom is -0.482 e. The van der Waals surface area contributed by atoms with Crippen LogP contribution in [0.25, 0.3) is 0 Å². The molecule has 1 aliphatic heterocycles. The van der Waals surface area contributed by atoms with Crippen LogP contribution < -0.4 is 15.0 Å². The number of oxazole rings is 1. The molecule has 0 spiro atoms. The van der Waals surface area contributed by atoms with Crippen molar-refractivity contribution in [3.63, 3.8) is 0 Å². The van der Waals surface area contributed by atoms with Gasteiger partial charge in [-0.2, -0.15) is 0 Å². The number of hydrogen-bond donors (Lipinski definition) is 1. The van der Waals surface area contributed by atoms with Crippen molar-refractivity contribution in [3.05, 3.63) is 78.0 Å². The Kier molecular flexibility index (Phi) is 4.80. The maximum absolute atomic E-state index is 12.5. The van der Waals surface area contributed by atoms with E-state index in [4.69, 9.17) is 9.15 Å². The first-order valence-electron chi connectivity index (χ1n) is 8.94. The summed E-state index contributed by atoms with van der Waals surface area (Å²) in [4.78, 5) is 30.5. The molecule has 142 valence electrons. The average molecular weight is 377 g/mol. The molecule has 1 atom stereocenters. The van der Waals surface area contributed by atoms with Gasteiger partial charge in [-0.1, -0.05) is 42.5 Å². The number of amides is 2. The molecule has 0 saturated heterocycles. The van der Waals surface area contributed by atoms with Crippen molar-refractivity contribution in [2.24, 2.45) is 0 Å². The van der Waals surface area contributed by atoms with Gasteiger partial charge in [0.05, 0.1) is 11.7 Å². The third-order valence-electron chi connectivity index (χ3n) is 4.53. The highest BCUT2D eigenvalue weighted by Gasteiger charge is 2.27. The number of anilines is 1. The second-order valence-corrected chi connectivity index (χ2v) is 6.47. The lowest BCUT2D eigenvalue weighted by Crippen LogP contribution is -2.38. The highest BCUT2D eigenvalue weighted by atomic mass is 16.5. The van der Waals surface area contributed by atoms with Crippen molar-refractivity contribution in [3.8, 4) is 5.75 Å². The molecule has 0 radical (unpaired) electrons. The Morgan fingerprint density at radius 3 is 2.75 bits per heavy atom. The molecule has 1 aromatic heterocycles. The predicted molar refractivity (Wildman–Crippen MR) is 102 cm³/mol. The topological polar surface area (TPSA) is 84.7 Å². The molecule has 7 heteroatoms. The van der Waals surface area contributed by atoms with Gasteiger partial charge < -0.3 is 14.5 Å². The number of rotatable bonds is 5. The Morgan fingerprint density at radius 1 is 1.18 bits per heavy atom. The van der Waals surface area contributed by atoms with E-state index in [1.807, 2.05) is 49.4 Å². The summed E-state index contributed by atoms with van der Waals surface area (Å²) in [6, 6.07) is 16.8. The van der Waals surface area contributed by atoms with E-state index in [1.165, 1.54) is 6.26 Å². The van der Waals surface area contributed by atoms with Crippen molar-refractivity contribution in [1.82, 2.24) is 10.3 Å². The van der Waals surface area contributed by atoms with Gasteiger partial charge in [-0.15, -0.1) is 0 Å². The van der Waals surface area contributed by atoms with Gasteiger partial charge in [-0.05, 0) is 24.6 Å². The van der Waals surface area contributed by atoms with E-state index in [0.29, 0.717) is 11.4 Å². The molecule has 7 nitrogen and oxygen atoms in total. The maximum Gasteiger partial charge on any atom is 0.273 e. The molecule has 4 rings (SSSR count). The van der Waals surface area contributed by atoms with Crippen molar-refractivity contribution in [2.45, 2.75) is 19.5 Å². The molecule has 0 fully saturated rings. The molecule has 1 aliphatic rings. The van der Waals surface area contributed by atoms with Crippen molar-refractivity contribution < 1.29 is 18.7 Å². The van der Waals surface area contributed by atoms with E-state index in [9.17, 15) is 9.59 Å². The molecule has 2 aromatic carbocycles. The number of aromatic nitrogens is 1. The van der Waals surface area contributed by atoms with Gasteiger partial charge >= 0.3 is 0 Å². The molecule has 1 N–H and O–H groups in total. The van der Waals surface area contributed by atoms with Gasteiger partial charge in [0, 0.05) is 0 Å². The van der Waals surface area contributed by atoms with Crippen molar-refractivity contribution in [2.75, 3.05) is 11.5 Å². The van der Waals surface area contributed by atoms with Crippen LogP contribution in [0.2, 0.25) is 0 Å². The molecule has 3 aromatic rings. The lowest BCUT2D eigenvalue weighted by atomic mass is 10.1. The summed E-state index contributed by atoms with van der Waals surface area (Å²) in [6.45, 7) is 1.98. The highest BCUT2D eigenvalue weighted by Crippen LogP contribution is 2.32. The molecule has 0 bridgehead atoms. The molecular weight excluding hydrogens is 358 g/mol. The Labute approximate surface area is 161 Å². The largest absolute Gasteiger partial charge is 0.482 e. The van der Waals surface area contributed by atoms with Crippen LogP contribution in [0, 0.1) is 0 Å². The summed E-state index contributed by atoms with van der Waals surface area (Å²) in [5.41, 5.74) is 1.82. The van der Waals surface area contributed by atoms with Crippen LogP contribution in [0.15, 0.2) is 65.3 Å². The van der Waals surface area contributed by atoms with E-state index in [0.717, 1.165) is 5.56 Å². The summed E-state index contributed by atoms with van der Waals surface area (Å²) >= 11 is 0. The highest BCUT2D eigenvalue weighted by molar-refractivity contribution is 5.97. The Bertz CT molecular complexity index is 1000. The van der Waals surface area contributed by atoms with Crippen molar-refractivity contribution >= 4 is 17.5 Å². The molecule has 2 heterocycles. The summed E-state index contributed by atoms with van der Waals surface area (Å²) in [5.74, 6) is 0.381. The fraction of sp³-hybridized carbons (Fsp3) is 0.190. The normalized spacial score (nSPS) is 14.2. The lowest BCUT2D eigenvalue weighted by Gasteiger charge is -2.28. The van der Waals surface area contributed by atoms with E-state index >= 15 is 0 Å². The number of nitrogens with zero attached hydrogens (tertiary/aromatic N) is 2. The number of carbonyl (C=O) groups excluding carboxylic acids is 2. The first kappa shape index (κ1) is 17.8. The van der Waals surface area contributed by atoms with Gasteiger partial charge in [0.2, 0.25) is 5.89 Å². The molecule has 0 aliphatic carbocycles. The van der Waals surface area contributed by atoms with Gasteiger partial charge in [0.25, 0.3) is 11.8 Å². The Hall–Kier alpha value is -3.61. The van der Waals surface area contributed by atoms with E-state index in [2.05, 4.69) is 10.3 Å². The third-order valence-corrected chi connectivity index (χ3v) is 4.53. The van der Waals surface area contributed by atoms with Gasteiger partial charge in [-0.3, -0.25) is 14.5 Å². The lowest BCUT2D eigenvalue weighted by molar-refractivity contribution is -0.121. The third kappa shape index (κ3) is 3.59. The predicted octanol–water partition coefficient (Wildman–Crippen LogP) is 3.09. The van der Waals surface area contributed by atoms with Crippen LogP contribution in [-0.4, -0.2) is 23.4 Å². The molecule has 0 unspecified atom stereocenters. The van der Waals surface area contributed by atoms with E-state index < -0.39 is 0 Å². The molecular formula is C21H19N3O4. The number of benzene rings is 2. The summed E-state index contributed by atoms with van der Waals surface area (Å²) in [6.07, 6.45) is 1.30. The number of nitrogens with one attached hydrogen (secondary N) is 1. The number of carbonyl (C=O) groups is 2. The zero-order valence-corrected chi connectivity index (χ0v) is 15.3.